The SMILES string of the molecule is CN(c1ncccn1)c1cccc(S(=O)(=O)N2CCOCC2)c1Br. The van der Waals surface area contributed by atoms with Gasteiger partial charge in [-0.2, -0.15) is 4.31 Å². The Bertz CT molecular complexity index is 811. The molecule has 24 heavy (non-hydrogen) atoms. The van der Waals surface area contributed by atoms with E-state index in [1.165, 1.54) is 4.31 Å². The van der Waals surface area contributed by atoms with Crippen LogP contribution in [0.1, 0.15) is 0 Å². The van der Waals surface area contributed by atoms with Crippen LogP contribution in [-0.2, 0) is 14.8 Å². The number of benzene rings is 1. The van der Waals surface area contributed by atoms with Crippen LogP contribution in [0.4, 0.5) is 11.6 Å². The van der Waals surface area contributed by atoms with Crippen LogP contribution in [0.2, 0.25) is 0 Å². The third-order valence-corrected chi connectivity index (χ3v) is 6.78. The van der Waals surface area contributed by atoms with E-state index in [1.54, 1.807) is 42.5 Å². The summed E-state index contributed by atoms with van der Waals surface area (Å²) in [4.78, 5) is 10.4. The number of halogens is 1. The topological polar surface area (TPSA) is 75.6 Å². The molecule has 3 rings (SSSR count). The molecule has 2 heterocycles. The molecule has 1 aliphatic rings. The smallest absolute Gasteiger partial charge is 0.244 e. The van der Waals surface area contributed by atoms with Crippen molar-refractivity contribution in [3.8, 4) is 0 Å². The maximum absolute atomic E-state index is 12.9. The molecule has 9 heteroatoms. The normalized spacial score (nSPS) is 16.1. The van der Waals surface area contributed by atoms with Crippen molar-refractivity contribution in [3.63, 3.8) is 0 Å². The molecule has 1 aromatic heterocycles. The Kier molecular flexibility index (Phi) is 5.14. The fourth-order valence-electron chi connectivity index (χ4n) is 2.46. The number of ether oxygens (including phenoxy) is 1. The second-order valence-corrected chi connectivity index (χ2v) is 7.91. The van der Waals surface area contributed by atoms with Gasteiger partial charge < -0.3 is 9.64 Å². The number of hydrogen-bond acceptors (Lipinski definition) is 6. The van der Waals surface area contributed by atoms with Crippen molar-refractivity contribution in [3.05, 3.63) is 41.1 Å². The van der Waals surface area contributed by atoms with Gasteiger partial charge in [-0.15, -0.1) is 0 Å². The van der Waals surface area contributed by atoms with Gasteiger partial charge in [0.1, 0.15) is 0 Å². The summed E-state index contributed by atoms with van der Waals surface area (Å²) in [5.74, 6) is 0.485. The maximum Gasteiger partial charge on any atom is 0.244 e. The molecule has 0 atom stereocenters. The summed E-state index contributed by atoms with van der Waals surface area (Å²) in [6.45, 7) is 1.54. The first-order valence-electron chi connectivity index (χ1n) is 7.39. The van der Waals surface area contributed by atoms with Crippen LogP contribution in [-0.4, -0.2) is 56.0 Å². The summed E-state index contributed by atoms with van der Waals surface area (Å²) in [5.41, 5.74) is 0.676. The van der Waals surface area contributed by atoms with Gasteiger partial charge in [0.15, 0.2) is 0 Å². The molecule has 0 bridgehead atoms. The molecule has 2 aromatic rings. The van der Waals surface area contributed by atoms with Gasteiger partial charge in [0.25, 0.3) is 0 Å². The van der Waals surface area contributed by atoms with Crippen LogP contribution in [0.5, 0.6) is 0 Å². The van der Waals surface area contributed by atoms with Crippen LogP contribution < -0.4 is 4.90 Å². The highest BCUT2D eigenvalue weighted by Crippen LogP contribution is 2.35. The summed E-state index contributed by atoms with van der Waals surface area (Å²) in [6.07, 6.45) is 3.28. The van der Waals surface area contributed by atoms with Crippen molar-refractivity contribution < 1.29 is 13.2 Å². The molecule has 0 unspecified atom stereocenters. The first-order chi connectivity index (χ1) is 11.5. The summed E-state index contributed by atoms with van der Waals surface area (Å²) < 4.78 is 33.0. The quantitative estimate of drug-likeness (QED) is 0.764. The zero-order valence-electron chi connectivity index (χ0n) is 13.1. The third kappa shape index (κ3) is 3.30. The number of rotatable bonds is 4. The fourth-order valence-corrected chi connectivity index (χ4v) is 5.09. The molecule has 0 N–H and O–H groups in total. The van der Waals surface area contributed by atoms with E-state index >= 15 is 0 Å². The highest BCUT2D eigenvalue weighted by molar-refractivity contribution is 9.10. The predicted octanol–water partition coefficient (Wildman–Crippen LogP) is 2.03. The molecule has 1 aromatic carbocycles. The van der Waals surface area contributed by atoms with Crippen LogP contribution in [0.15, 0.2) is 46.0 Å². The highest BCUT2D eigenvalue weighted by atomic mass is 79.9. The Hall–Kier alpha value is -1.55. The van der Waals surface area contributed by atoms with Crippen LogP contribution >= 0.6 is 15.9 Å². The van der Waals surface area contributed by atoms with Crippen molar-refractivity contribution in [2.45, 2.75) is 4.90 Å². The zero-order chi connectivity index (χ0) is 17.2. The van der Waals surface area contributed by atoms with Crippen LogP contribution in [0.3, 0.4) is 0 Å². The van der Waals surface area contributed by atoms with Gasteiger partial charge in [-0.25, -0.2) is 18.4 Å². The summed E-state index contributed by atoms with van der Waals surface area (Å²) in [6, 6.07) is 6.86. The van der Waals surface area contributed by atoms with Gasteiger partial charge in [-0.05, 0) is 34.1 Å². The van der Waals surface area contributed by atoms with E-state index in [1.807, 2.05) is 6.07 Å². The van der Waals surface area contributed by atoms with Crippen molar-refractivity contribution in [1.82, 2.24) is 14.3 Å². The van der Waals surface area contributed by atoms with Gasteiger partial charge in [0.05, 0.1) is 28.3 Å². The van der Waals surface area contributed by atoms with E-state index in [9.17, 15) is 8.42 Å². The molecule has 0 saturated carbocycles. The van der Waals surface area contributed by atoms with Gasteiger partial charge in [-0.1, -0.05) is 6.07 Å². The Morgan fingerprint density at radius 2 is 1.83 bits per heavy atom. The Morgan fingerprint density at radius 1 is 1.17 bits per heavy atom. The lowest BCUT2D eigenvalue weighted by Crippen LogP contribution is -2.40. The highest BCUT2D eigenvalue weighted by Gasteiger charge is 2.29. The number of hydrogen-bond donors (Lipinski definition) is 0. The lowest BCUT2D eigenvalue weighted by molar-refractivity contribution is 0.0730. The molecule has 1 saturated heterocycles. The minimum absolute atomic E-state index is 0.227. The van der Waals surface area contributed by atoms with E-state index in [0.717, 1.165) is 0 Å². The van der Waals surface area contributed by atoms with Crippen LogP contribution in [0, 0.1) is 0 Å². The summed E-state index contributed by atoms with van der Waals surface area (Å²) in [7, 11) is -1.80. The van der Waals surface area contributed by atoms with Gasteiger partial charge in [0.2, 0.25) is 16.0 Å². The second-order valence-electron chi connectivity index (χ2n) is 5.21. The van der Waals surface area contributed by atoms with E-state index in [4.69, 9.17) is 4.74 Å². The predicted molar refractivity (Wildman–Crippen MR) is 93.8 cm³/mol. The fraction of sp³-hybridized carbons (Fsp3) is 0.333. The first kappa shape index (κ1) is 17.3. The first-order valence-corrected chi connectivity index (χ1v) is 9.62. The van der Waals surface area contributed by atoms with Crippen LogP contribution in [0.25, 0.3) is 0 Å². The largest absolute Gasteiger partial charge is 0.379 e. The van der Waals surface area contributed by atoms with Gasteiger partial charge in [-0.3, -0.25) is 0 Å². The number of aromatic nitrogens is 2. The summed E-state index contributed by atoms with van der Waals surface area (Å²) in [5, 5.41) is 0. The third-order valence-electron chi connectivity index (χ3n) is 3.74. The molecule has 0 aliphatic carbocycles. The zero-order valence-corrected chi connectivity index (χ0v) is 15.5. The minimum atomic E-state index is -3.59. The lowest BCUT2D eigenvalue weighted by Gasteiger charge is -2.27. The molecule has 1 aliphatic heterocycles. The van der Waals surface area contributed by atoms with E-state index in [0.29, 0.717) is 42.4 Å². The van der Waals surface area contributed by atoms with Gasteiger partial charge in [0, 0.05) is 32.5 Å². The van der Waals surface area contributed by atoms with Crippen molar-refractivity contribution in [2.75, 3.05) is 38.3 Å². The number of nitrogens with zero attached hydrogens (tertiary/aromatic N) is 4. The van der Waals surface area contributed by atoms with Crippen molar-refractivity contribution in [1.29, 1.82) is 0 Å². The molecule has 7 nitrogen and oxygen atoms in total. The Morgan fingerprint density at radius 3 is 2.50 bits per heavy atom. The van der Waals surface area contributed by atoms with Crippen molar-refractivity contribution in [2.24, 2.45) is 0 Å². The van der Waals surface area contributed by atoms with E-state index in [-0.39, 0.29) is 4.90 Å². The Labute approximate surface area is 149 Å². The standard InChI is InChI=1S/C15H17BrN4O3S/c1-19(15-17-6-3-7-18-15)12-4-2-5-13(14(12)16)24(21,22)20-8-10-23-11-9-20/h2-7H,8-11H2,1H3. The van der Waals surface area contributed by atoms with Crippen molar-refractivity contribution >= 4 is 37.6 Å². The molecule has 0 spiro atoms. The van der Waals surface area contributed by atoms with E-state index < -0.39 is 10.0 Å². The molecule has 0 amide bonds. The molecule has 128 valence electrons. The molecular weight excluding hydrogens is 396 g/mol. The number of morpholine rings is 1. The Balaban J connectivity index is 1.99. The maximum atomic E-state index is 12.9. The average Bonchev–Trinajstić information content (AvgIpc) is 2.62. The molecule has 0 radical (unpaired) electrons. The summed E-state index contributed by atoms with van der Waals surface area (Å²) >= 11 is 3.45. The number of anilines is 2. The lowest BCUT2D eigenvalue weighted by atomic mass is 10.3. The monoisotopic (exact) mass is 412 g/mol. The minimum Gasteiger partial charge on any atom is -0.379 e. The van der Waals surface area contributed by atoms with Gasteiger partial charge >= 0.3 is 0 Å². The second kappa shape index (κ2) is 7.14. The molecular formula is C15H17BrN4O3S. The van der Waals surface area contributed by atoms with E-state index in [2.05, 4.69) is 25.9 Å². The number of sulfonamides is 1. The molecule has 1 fully saturated rings. The average molecular weight is 413 g/mol.